The summed E-state index contributed by atoms with van der Waals surface area (Å²) in [7, 11) is 0. The van der Waals surface area contributed by atoms with Crippen molar-refractivity contribution in [2.45, 2.75) is 38.6 Å². The van der Waals surface area contributed by atoms with Crippen LogP contribution in [-0.4, -0.2) is 15.5 Å². The van der Waals surface area contributed by atoms with Crippen molar-refractivity contribution in [2.75, 3.05) is 5.32 Å². The second-order valence-electron chi connectivity index (χ2n) is 5.94. The van der Waals surface area contributed by atoms with Gasteiger partial charge in [-0.25, -0.2) is 4.98 Å². The number of nitrogens with zero attached hydrogens (tertiary/aromatic N) is 2. The van der Waals surface area contributed by atoms with Gasteiger partial charge in [-0.1, -0.05) is 0 Å². The zero-order valence-electron chi connectivity index (χ0n) is 11.8. The van der Waals surface area contributed by atoms with Gasteiger partial charge in [-0.15, -0.1) is 0 Å². The number of aromatic nitrogens is 2. The van der Waals surface area contributed by atoms with E-state index < -0.39 is 0 Å². The zero-order valence-corrected chi connectivity index (χ0v) is 11.8. The number of anilines is 1. The molecule has 1 aliphatic carbocycles. The molecule has 1 N–H and O–H groups in total. The van der Waals surface area contributed by atoms with E-state index in [1.807, 2.05) is 12.1 Å². The molecule has 0 bridgehead atoms. The molecule has 5 heteroatoms. The average Bonchev–Trinajstić information content (AvgIpc) is 3.33. The van der Waals surface area contributed by atoms with E-state index in [-0.39, 0.29) is 17.4 Å². The van der Waals surface area contributed by atoms with Crippen molar-refractivity contribution in [1.29, 1.82) is 0 Å². The Hall–Kier alpha value is -2.17. The summed E-state index contributed by atoms with van der Waals surface area (Å²) >= 11 is 0. The minimum atomic E-state index is 0.0113. The first-order chi connectivity index (χ1) is 10.2. The Bertz CT molecular complexity index is 790. The predicted molar refractivity (Wildman–Crippen MR) is 80.3 cm³/mol. The SMILES string of the molecule is O=C(Nc1ccc2nc3n(c(=O)c2c1)CCCC3)C1CC1. The third-order valence-corrected chi connectivity index (χ3v) is 4.28. The van der Waals surface area contributed by atoms with E-state index in [0.29, 0.717) is 11.1 Å². The first-order valence-corrected chi connectivity index (χ1v) is 7.57. The number of carbonyl (C=O) groups excluding carboxylic acids is 1. The standard InChI is InChI=1S/C16H17N3O2/c20-15(10-4-5-10)17-11-6-7-13-12(9-11)16(21)19-8-2-1-3-14(19)18-13/h6-7,9-10H,1-5,8H2,(H,17,20). The Balaban J connectivity index is 1.77. The lowest BCUT2D eigenvalue weighted by molar-refractivity contribution is -0.117. The van der Waals surface area contributed by atoms with Crippen molar-refractivity contribution in [3.63, 3.8) is 0 Å². The molecule has 108 valence electrons. The van der Waals surface area contributed by atoms with Crippen LogP contribution < -0.4 is 10.9 Å². The summed E-state index contributed by atoms with van der Waals surface area (Å²) in [6.45, 7) is 0.746. The normalized spacial score (nSPS) is 17.5. The van der Waals surface area contributed by atoms with Crippen LogP contribution in [-0.2, 0) is 17.8 Å². The van der Waals surface area contributed by atoms with Crippen LogP contribution in [0.5, 0.6) is 0 Å². The Morgan fingerprint density at radius 3 is 2.95 bits per heavy atom. The van der Waals surface area contributed by atoms with Crippen LogP contribution in [0, 0.1) is 5.92 Å². The summed E-state index contributed by atoms with van der Waals surface area (Å²) in [4.78, 5) is 29.0. The molecule has 2 aliphatic rings. The minimum Gasteiger partial charge on any atom is -0.326 e. The summed E-state index contributed by atoms with van der Waals surface area (Å²) in [5.74, 6) is 1.09. The highest BCUT2D eigenvalue weighted by Gasteiger charge is 2.29. The lowest BCUT2D eigenvalue weighted by Gasteiger charge is -2.18. The van der Waals surface area contributed by atoms with Crippen LogP contribution in [0.2, 0.25) is 0 Å². The van der Waals surface area contributed by atoms with Crippen LogP contribution in [0.25, 0.3) is 10.9 Å². The molecule has 0 spiro atoms. The second kappa shape index (κ2) is 4.69. The molecule has 1 aromatic carbocycles. The Morgan fingerprint density at radius 2 is 2.14 bits per heavy atom. The first kappa shape index (κ1) is 12.6. The lowest BCUT2D eigenvalue weighted by Crippen LogP contribution is -2.28. The quantitative estimate of drug-likeness (QED) is 0.917. The fourth-order valence-corrected chi connectivity index (χ4v) is 2.91. The molecule has 1 aromatic heterocycles. The van der Waals surface area contributed by atoms with E-state index in [0.717, 1.165) is 50.0 Å². The van der Waals surface area contributed by atoms with E-state index in [4.69, 9.17) is 0 Å². The number of nitrogens with one attached hydrogen (secondary N) is 1. The molecular weight excluding hydrogens is 266 g/mol. The van der Waals surface area contributed by atoms with Crippen LogP contribution in [0.15, 0.2) is 23.0 Å². The van der Waals surface area contributed by atoms with Gasteiger partial charge in [0.05, 0.1) is 10.9 Å². The van der Waals surface area contributed by atoms with Crippen molar-refractivity contribution in [1.82, 2.24) is 9.55 Å². The molecule has 0 saturated heterocycles. The Kier molecular flexibility index (Phi) is 2.80. The van der Waals surface area contributed by atoms with Gasteiger partial charge in [0, 0.05) is 24.6 Å². The highest BCUT2D eigenvalue weighted by atomic mass is 16.2. The number of aryl methyl sites for hydroxylation is 1. The molecule has 2 heterocycles. The Morgan fingerprint density at radius 1 is 1.29 bits per heavy atom. The molecular formula is C16H17N3O2. The van der Waals surface area contributed by atoms with Gasteiger partial charge in [0.15, 0.2) is 0 Å². The molecule has 0 unspecified atom stereocenters. The van der Waals surface area contributed by atoms with Crippen molar-refractivity contribution in [2.24, 2.45) is 5.92 Å². The number of hydrogen-bond acceptors (Lipinski definition) is 3. The van der Waals surface area contributed by atoms with Crippen LogP contribution in [0.1, 0.15) is 31.5 Å². The molecule has 5 nitrogen and oxygen atoms in total. The van der Waals surface area contributed by atoms with Crippen molar-refractivity contribution >= 4 is 22.5 Å². The molecule has 0 atom stereocenters. The van der Waals surface area contributed by atoms with Crippen molar-refractivity contribution < 1.29 is 4.79 Å². The van der Waals surface area contributed by atoms with Gasteiger partial charge in [0.25, 0.3) is 5.56 Å². The number of benzene rings is 1. The summed E-state index contributed by atoms with van der Waals surface area (Å²) in [6, 6.07) is 5.41. The molecule has 21 heavy (non-hydrogen) atoms. The van der Waals surface area contributed by atoms with E-state index in [2.05, 4.69) is 10.3 Å². The smallest absolute Gasteiger partial charge is 0.261 e. The molecule has 0 radical (unpaired) electrons. The third-order valence-electron chi connectivity index (χ3n) is 4.28. The maximum Gasteiger partial charge on any atom is 0.261 e. The number of rotatable bonds is 2. The summed E-state index contributed by atoms with van der Waals surface area (Å²) in [5.41, 5.74) is 1.42. The predicted octanol–water partition coefficient (Wildman–Crippen LogP) is 2.08. The second-order valence-corrected chi connectivity index (χ2v) is 5.94. The molecule has 1 aliphatic heterocycles. The highest BCUT2D eigenvalue weighted by Crippen LogP contribution is 2.30. The molecule has 1 fully saturated rings. The van der Waals surface area contributed by atoms with Gasteiger partial charge in [-0.2, -0.15) is 0 Å². The van der Waals surface area contributed by atoms with Crippen LogP contribution in [0.4, 0.5) is 5.69 Å². The molecule has 1 saturated carbocycles. The van der Waals surface area contributed by atoms with Crippen LogP contribution in [0.3, 0.4) is 0 Å². The van der Waals surface area contributed by atoms with Crippen LogP contribution >= 0.6 is 0 Å². The van der Waals surface area contributed by atoms with Gasteiger partial charge < -0.3 is 5.32 Å². The minimum absolute atomic E-state index is 0.0113. The van der Waals surface area contributed by atoms with Crippen molar-refractivity contribution in [3.05, 3.63) is 34.4 Å². The molecule has 4 rings (SSSR count). The Labute approximate surface area is 122 Å². The monoisotopic (exact) mass is 283 g/mol. The fourth-order valence-electron chi connectivity index (χ4n) is 2.91. The first-order valence-electron chi connectivity index (χ1n) is 7.57. The lowest BCUT2D eigenvalue weighted by atomic mass is 10.1. The highest BCUT2D eigenvalue weighted by molar-refractivity contribution is 5.96. The average molecular weight is 283 g/mol. The number of hydrogen-bond donors (Lipinski definition) is 1. The van der Waals surface area contributed by atoms with Crippen molar-refractivity contribution in [3.8, 4) is 0 Å². The third kappa shape index (κ3) is 2.22. The maximum atomic E-state index is 12.6. The maximum absolute atomic E-state index is 12.6. The number of fused-ring (bicyclic) bond motifs is 2. The molecule has 1 amide bonds. The van der Waals surface area contributed by atoms with Gasteiger partial charge in [0.2, 0.25) is 5.91 Å². The van der Waals surface area contributed by atoms with Gasteiger partial charge in [-0.3, -0.25) is 14.2 Å². The zero-order chi connectivity index (χ0) is 14.4. The fraction of sp³-hybridized carbons (Fsp3) is 0.438. The summed E-state index contributed by atoms with van der Waals surface area (Å²) in [6.07, 6.45) is 4.92. The summed E-state index contributed by atoms with van der Waals surface area (Å²) < 4.78 is 1.78. The van der Waals surface area contributed by atoms with Gasteiger partial charge in [-0.05, 0) is 43.9 Å². The number of amides is 1. The van der Waals surface area contributed by atoms with E-state index in [9.17, 15) is 9.59 Å². The van der Waals surface area contributed by atoms with Gasteiger partial charge >= 0.3 is 0 Å². The summed E-state index contributed by atoms with van der Waals surface area (Å²) in [5, 5.41) is 3.48. The topological polar surface area (TPSA) is 64.0 Å². The molecule has 2 aromatic rings. The van der Waals surface area contributed by atoms with E-state index in [1.54, 1.807) is 10.6 Å². The van der Waals surface area contributed by atoms with Gasteiger partial charge in [0.1, 0.15) is 5.82 Å². The van der Waals surface area contributed by atoms with E-state index in [1.165, 1.54) is 0 Å². The van der Waals surface area contributed by atoms with E-state index >= 15 is 0 Å². The largest absolute Gasteiger partial charge is 0.326 e. The number of carbonyl (C=O) groups is 1.